The minimum atomic E-state index is 0.582. The number of hydrogen-bond donors (Lipinski definition) is 1. The van der Waals surface area contributed by atoms with Crippen molar-refractivity contribution in [3.63, 3.8) is 0 Å². The van der Waals surface area contributed by atoms with Gasteiger partial charge in [-0.2, -0.15) is 4.98 Å². The molecular formula is C20H27N5O. The Kier molecular flexibility index (Phi) is 5.09. The summed E-state index contributed by atoms with van der Waals surface area (Å²) in [6.07, 6.45) is 5.54. The van der Waals surface area contributed by atoms with Crippen molar-refractivity contribution in [1.29, 1.82) is 0 Å². The van der Waals surface area contributed by atoms with Crippen LogP contribution in [0.15, 0.2) is 36.5 Å². The Morgan fingerprint density at radius 3 is 2.81 bits per heavy atom. The van der Waals surface area contributed by atoms with E-state index >= 15 is 0 Å². The van der Waals surface area contributed by atoms with Crippen molar-refractivity contribution in [3.8, 4) is 5.75 Å². The molecule has 2 fully saturated rings. The van der Waals surface area contributed by atoms with Crippen molar-refractivity contribution < 1.29 is 4.74 Å². The molecular weight excluding hydrogens is 326 g/mol. The van der Waals surface area contributed by atoms with E-state index in [1.807, 2.05) is 24.4 Å². The van der Waals surface area contributed by atoms with Crippen molar-refractivity contribution in [2.75, 3.05) is 55.0 Å². The third-order valence-corrected chi connectivity index (χ3v) is 5.33. The van der Waals surface area contributed by atoms with Gasteiger partial charge in [0.1, 0.15) is 11.6 Å². The zero-order valence-electron chi connectivity index (χ0n) is 15.4. The summed E-state index contributed by atoms with van der Waals surface area (Å²) in [5.74, 6) is 3.31. The molecule has 138 valence electrons. The summed E-state index contributed by atoms with van der Waals surface area (Å²) in [4.78, 5) is 13.8. The Bertz CT molecular complexity index is 732. The standard InChI is InChI=1S/C20H27N5O/c1-26-18-7-3-2-6-17(18)25-13-9-16(15-25)14-22-20-21-10-8-19(23-20)24-11-4-5-12-24/h2-3,6-8,10,16H,4-5,9,11-15H2,1H3,(H,21,22,23)/t16-/m1/s1. The molecule has 2 saturated heterocycles. The third kappa shape index (κ3) is 3.69. The monoisotopic (exact) mass is 353 g/mol. The number of nitrogens with one attached hydrogen (secondary N) is 1. The van der Waals surface area contributed by atoms with Gasteiger partial charge in [-0.1, -0.05) is 12.1 Å². The molecule has 1 N–H and O–H groups in total. The van der Waals surface area contributed by atoms with Gasteiger partial charge >= 0.3 is 0 Å². The highest BCUT2D eigenvalue weighted by Crippen LogP contribution is 2.32. The Morgan fingerprint density at radius 2 is 1.96 bits per heavy atom. The summed E-state index contributed by atoms with van der Waals surface area (Å²) in [6.45, 7) is 5.19. The van der Waals surface area contributed by atoms with Crippen molar-refractivity contribution in [2.45, 2.75) is 19.3 Å². The number of benzene rings is 1. The van der Waals surface area contributed by atoms with Gasteiger partial charge in [-0.3, -0.25) is 0 Å². The van der Waals surface area contributed by atoms with Crippen LogP contribution in [0.5, 0.6) is 5.75 Å². The fourth-order valence-electron chi connectivity index (χ4n) is 3.90. The van der Waals surface area contributed by atoms with Crippen LogP contribution in [0.1, 0.15) is 19.3 Å². The minimum absolute atomic E-state index is 0.582. The van der Waals surface area contributed by atoms with Gasteiger partial charge in [0.2, 0.25) is 5.95 Å². The summed E-state index contributed by atoms with van der Waals surface area (Å²) in [6, 6.07) is 10.3. The van der Waals surface area contributed by atoms with Crippen LogP contribution in [0, 0.1) is 5.92 Å². The number of ether oxygens (including phenoxy) is 1. The molecule has 0 unspecified atom stereocenters. The first-order valence-corrected chi connectivity index (χ1v) is 9.53. The number of anilines is 3. The molecule has 2 aliphatic rings. The Morgan fingerprint density at radius 1 is 1.12 bits per heavy atom. The van der Waals surface area contributed by atoms with Crippen LogP contribution < -0.4 is 19.9 Å². The lowest BCUT2D eigenvalue weighted by atomic mass is 10.1. The normalized spacial score (nSPS) is 19.8. The van der Waals surface area contributed by atoms with Crippen LogP contribution in [-0.4, -0.2) is 49.8 Å². The molecule has 0 saturated carbocycles. The van der Waals surface area contributed by atoms with Crippen molar-refractivity contribution >= 4 is 17.5 Å². The Hall–Kier alpha value is -2.50. The van der Waals surface area contributed by atoms with E-state index in [-0.39, 0.29) is 0 Å². The molecule has 1 atom stereocenters. The van der Waals surface area contributed by atoms with Gasteiger partial charge in [-0.25, -0.2) is 4.98 Å². The summed E-state index contributed by atoms with van der Waals surface area (Å²) in [7, 11) is 1.73. The van der Waals surface area contributed by atoms with Gasteiger partial charge in [-0.05, 0) is 43.4 Å². The first-order chi connectivity index (χ1) is 12.8. The van der Waals surface area contributed by atoms with Crippen molar-refractivity contribution in [2.24, 2.45) is 5.92 Å². The van der Waals surface area contributed by atoms with Gasteiger partial charge in [0, 0.05) is 38.9 Å². The number of aromatic nitrogens is 2. The highest BCUT2D eigenvalue weighted by Gasteiger charge is 2.24. The Labute approximate surface area is 155 Å². The molecule has 3 heterocycles. The predicted molar refractivity (Wildman–Crippen MR) is 105 cm³/mol. The number of para-hydroxylation sites is 2. The van der Waals surface area contributed by atoms with Crippen LogP contribution in [0.2, 0.25) is 0 Å². The molecule has 0 amide bonds. The second-order valence-electron chi connectivity index (χ2n) is 7.09. The highest BCUT2D eigenvalue weighted by atomic mass is 16.5. The highest BCUT2D eigenvalue weighted by molar-refractivity contribution is 5.59. The van der Waals surface area contributed by atoms with Crippen LogP contribution in [0.4, 0.5) is 17.5 Å². The molecule has 1 aromatic heterocycles. The van der Waals surface area contributed by atoms with Crippen LogP contribution in [-0.2, 0) is 0 Å². The maximum Gasteiger partial charge on any atom is 0.224 e. The topological polar surface area (TPSA) is 53.5 Å². The Balaban J connectivity index is 1.34. The molecule has 0 aliphatic carbocycles. The number of methoxy groups -OCH3 is 1. The molecule has 0 bridgehead atoms. The summed E-state index contributed by atoms with van der Waals surface area (Å²) in [5, 5.41) is 3.44. The van der Waals surface area contributed by atoms with E-state index in [9.17, 15) is 0 Å². The fraction of sp³-hybridized carbons (Fsp3) is 0.500. The number of hydrogen-bond acceptors (Lipinski definition) is 6. The maximum atomic E-state index is 5.50. The largest absolute Gasteiger partial charge is 0.495 e. The maximum absolute atomic E-state index is 5.50. The first kappa shape index (κ1) is 16.9. The number of nitrogens with zero attached hydrogens (tertiary/aromatic N) is 4. The lowest BCUT2D eigenvalue weighted by Crippen LogP contribution is -2.24. The van der Waals surface area contributed by atoms with Gasteiger partial charge in [0.25, 0.3) is 0 Å². The lowest BCUT2D eigenvalue weighted by molar-refractivity contribution is 0.414. The van der Waals surface area contributed by atoms with Crippen molar-refractivity contribution in [3.05, 3.63) is 36.5 Å². The first-order valence-electron chi connectivity index (χ1n) is 9.53. The van der Waals surface area contributed by atoms with E-state index in [0.717, 1.165) is 56.7 Å². The van der Waals surface area contributed by atoms with E-state index in [4.69, 9.17) is 9.72 Å². The zero-order chi connectivity index (χ0) is 17.8. The molecule has 0 spiro atoms. The smallest absolute Gasteiger partial charge is 0.224 e. The van der Waals surface area contributed by atoms with Crippen molar-refractivity contribution in [1.82, 2.24) is 9.97 Å². The molecule has 6 heteroatoms. The van der Waals surface area contributed by atoms with Gasteiger partial charge in [-0.15, -0.1) is 0 Å². The summed E-state index contributed by atoms with van der Waals surface area (Å²) < 4.78 is 5.50. The van der Waals surface area contributed by atoms with Gasteiger partial charge in [0.05, 0.1) is 12.8 Å². The quantitative estimate of drug-likeness (QED) is 0.861. The molecule has 2 aliphatic heterocycles. The van der Waals surface area contributed by atoms with E-state index in [2.05, 4.69) is 32.2 Å². The average Bonchev–Trinajstić information content (AvgIpc) is 3.39. The van der Waals surface area contributed by atoms with E-state index in [0.29, 0.717) is 5.92 Å². The lowest BCUT2D eigenvalue weighted by Gasteiger charge is -2.21. The fourth-order valence-corrected chi connectivity index (χ4v) is 3.90. The van der Waals surface area contributed by atoms with E-state index in [1.165, 1.54) is 18.5 Å². The second-order valence-corrected chi connectivity index (χ2v) is 7.09. The van der Waals surface area contributed by atoms with Crippen LogP contribution >= 0.6 is 0 Å². The molecule has 26 heavy (non-hydrogen) atoms. The second kappa shape index (κ2) is 7.81. The predicted octanol–water partition coefficient (Wildman–Crippen LogP) is 3.02. The molecule has 0 radical (unpaired) electrons. The molecule has 1 aromatic carbocycles. The van der Waals surface area contributed by atoms with Crippen LogP contribution in [0.3, 0.4) is 0 Å². The number of rotatable bonds is 6. The molecule has 4 rings (SSSR count). The van der Waals surface area contributed by atoms with Crippen LogP contribution in [0.25, 0.3) is 0 Å². The summed E-state index contributed by atoms with van der Waals surface area (Å²) >= 11 is 0. The zero-order valence-corrected chi connectivity index (χ0v) is 15.4. The van der Waals surface area contributed by atoms with Gasteiger partial charge < -0.3 is 19.9 Å². The third-order valence-electron chi connectivity index (χ3n) is 5.33. The minimum Gasteiger partial charge on any atom is -0.495 e. The van der Waals surface area contributed by atoms with E-state index < -0.39 is 0 Å². The molecule has 6 nitrogen and oxygen atoms in total. The SMILES string of the molecule is COc1ccccc1N1CC[C@H](CNc2nccc(N3CCCC3)n2)C1. The van der Waals surface area contributed by atoms with Gasteiger partial charge in [0.15, 0.2) is 0 Å². The summed E-state index contributed by atoms with van der Waals surface area (Å²) in [5.41, 5.74) is 1.18. The van der Waals surface area contributed by atoms with E-state index in [1.54, 1.807) is 7.11 Å². The molecule has 2 aromatic rings. The average molecular weight is 353 g/mol.